The van der Waals surface area contributed by atoms with Crippen molar-refractivity contribution >= 4 is 11.9 Å². The van der Waals surface area contributed by atoms with E-state index in [1.807, 2.05) is 6.08 Å². The molecule has 1 saturated heterocycles. The fraction of sp³-hybridized carbons (Fsp3) is 0.600. The van der Waals surface area contributed by atoms with Crippen LogP contribution in [0, 0.1) is 0 Å². The van der Waals surface area contributed by atoms with Gasteiger partial charge in [0.05, 0.1) is 6.42 Å². The quantitative estimate of drug-likeness (QED) is 0.289. The molecule has 0 aromatic heterocycles. The third kappa shape index (κ3) is 3.01. The summed E-state index contributed by atoms with van der Waals surface area (Å²) in [5.41, 5.74) is 0.529. The summed E-state index contributed by atoms with van der Waals surface area (Å²) >= 11 is 0. The molecule has 0 unspecified atom stereocenters. The lowest BCUT2D eigenvalue weighted by molar-refractivity contribution is -0.151. The second kappa shape index (κ2) is 4.80. The SMILES string of the molecule is CCCCCC=C1CC(=O)OC1=O. The van der Waals surface area contributed by atoms with Crippen LogP contribution in [0.5, 0.6) is 0 Å². The van der Waals surface area contributed by atoms with Gasteiger partial charge in [-0.15, -0.1) is 0 Å². The number of carbonyl (C=O) groups excluding carboxylic acids is 2. The Morgan fingerprint density at radius 3 is 2.69 bits per heavy atom. The van der Waals surface area contributed by atoms with Gasteiger partial charge in [-0.2, -0.15) is 0 Å². The molecule has 13 heavy (non-hydrogen) atoms. The molecule has 0 bridgehead atoms. The number of ether oxygens (including phenoxy) is 1. The van der Waals surface area contributed by atoms with Gasteiger partial charge < -0.3 is 4.74 Å². The zero-order valence-corrected chi connectivity index (χ0v) is 7.84. The van der Waals surface area contributed by atoms with E-state index in [0.717, 1.165) is 25.7 Å². The van der Waals surface area contributed by atoms with Crippen LogP contribution in [-0.2, 0) is 14.3 Å². The summed E-state index contributed by atoms with van der Waals surface area (Å²) in [6, 6.07) is 0. The first-order valence-electron chi connectivity index (χ1n) is 4.68. The second-order valence-electron chi connectivity index (χ2n) is 3.16. The minimum absolute atomic E-state index is 0.158. The van der Waals surface area contributed by atoms with Crippen LogP contribution in [-0.4, -0.2) is 11.9 Å². The minimum atomic E-state index is -0.457. The Hall–Kier alpha value is -1.12. The van der Waals surface area contributed by atoms with Gasteiger partial charge in [0, 0.05) is 5.57 Å². The summed E-state index contributed by atoms with van der Waals surface area (Å²) in [6.45, 7) is 2.13. The van der Waals surface area contributed by atoms with E-state index >= 15 is 0 Å². The van der Waals surface area contributed by atoms with Crippen LogP contribution in [0.25, 0.3) is 0 Å². The molecule has 3 nitrogen and oxygen atoms in total. The average Bonchev–Trinajstić information content (AvgIpc) is 2.39. The lowest BCUT2D eigenvalue weighted by atomic mass is 10.1. The van der Waals surface area contributed by atoms with Gasteiger partial charge in [0.25, 0.3) is 0 Å². The highest BCUT2D eigenvalue weighted by molar-refractivity contribution is 6.05. The van der Waals surface area contributed by atoms with Crippen molar-refractivity contribution in [2.45, 2.75) is 39.0 Å². The van der Waals surface area contributed by atoms with E-state index in [1.165, 1.54) is 0 Å². The summed E-state index contributed by atoms with van der Waals surface area (Å²) in [7, 11) is 0. The molecule has 0 aromatic rings. The molecule has 1 rings (SSSR count). The van der Waals surface area contributed by atoms with Gasteiger partial charge >= 0.3 is 11.9 Å². The predicted molar refractivity (Wildman–Crippen MR) is 47.9 cm³/mol. The zero-order chi connectivity index (χ0) is 9.68. The highest BCUT2D eigenvalue weighted by atomic mass is 16.6. The van der Waals surface area contributed by atoms with Crippen LogP contribution in [0.3, 0.4) is 0 Å². The fourth-order valence-corrected chi connectivity index (χ4v) is 1.26. The molecule has 0 aromatic carbocycles. The van der Waals surface area contributed by atoms with Crippen molar-refractivity contribution in [2.24, 2.45) is 0 Å². The molecule has 0 amide bonds. The topological polar surface area (TPSA) is 43.4 Å². The zero-order valence-electron chi connectivity index (χ0n) is 7.84. The lowest BCUT2D eigenvalue weighted by Crippen LogP contribution is -1.96. The number of cyclic esters (lactones) is 2. The van der Waals surface area contributed by atoms with Gasteiger partial charge in [0.2, 0.25) is 0 Å². The van der Waals surface area contributed by atoms with Crippen molar-refractivity contribution in [2.75, 3.05) is 0 Å². The Morgan fingerprint density at radius 2 is 2.15 bits per heavy atom. The molecular formula is C10H14O3. The van der Waals surface area contributed by atoms with E-state index in [1.54, 1.807) is 0 Å². The average molecular weight is 182 g/mol. The van der Waals surface area contributed by atoms with Gasteiger partial charge in [0.1, 0.15) is 0 Å². The van der Waals surface area contributed by atoms with Crippen molar-refractivity contribution < 1.29 is 14.3 Å². The Morgan fingerprint density at radius 1 is 1.38 bits per heavy atom. The highest BCUT2D eigenvalue weighted by Gasteiger charge is 2.26. The summed E-state index contributed by atoms with van der Waals surface area (Å²) in [5, 5.41) is 0. The Kier molecular flexibility index (Phi) is 3.68. The summed E-state index contributed by atoms with van der Waals surface area (Å²) in [4.78, 5) is 21.6. The number of unbranched alkanes of at least 4 members (excludes halogenated alkanes) is 3. The van der Waals surface area contributed by atoms with Gasteiger partial charge in [-0.1, -0.05) is 25.8 Å². The number of hydrogen-bond acceptors (Lipinski definition) is 3. The van der Waals surface area contributed by atoms with Gasteiger partial charge in [-0.05, 0) is 12.8 Å². The highest BCUT2D eigenvalue weighted by Crippen LogP contribution is 2.16. The largest absolute Gasteiger partial charge is 0.389 e. The van der Waals surface area contributed by atoms with Crippen LogP contribution in [0.4, 0.5) is 0 Å². The number of carbonyl (C=O) groups is 2. The van der Waals surface area contributed by atoms with Crippen LogP contribution >= 0.6 is 0 Å². The third-order valence-corrected chi connectivity index (χ3v) is 2.00. The Bertz CT molecular complexity index is 241. The van der Waals surface area contributed by atoms with Crippen LogP contribution in [0.1, 0.15) is 39.0 Å². The van der Waals surface area contributed by atoms with E-state index in [0.29, 0.717) is 5.57 Å². The van der Waals surface area contributed by atoms with Crippen molar-refractivity contribution in [3.8, 4) is 0 Å². The molecule has 1 fully saturated rings. The maximum absolute atomic E-state index is 10.9. The first kappa shape index (κ1) is 9.96. The Labute approximate surface area is 77.8 Å². The monoisotopic (exact) mass is 182 g/mol. The molecule has 1 heterocycles. The van der Waals surface area contributed by atoms with Gasteiger partial charge in [0.15, 0.2) is 0 Å². The molecular weight excluding hydrogens is 168 g/mol. The molecule has 0 spiro atoms. The maximum atomic E-state index is 10.9. The van der Waals surface area contributed by atoms with E-state index in [4.69, 9.17) is 0 Å². The number of rotatable bonds is 4. The van der Waals surface area contributed by atoms with Gasteiger partial charge in [-0.3, -0.25) is 4.79 Å². The molecule has 0 atom stereocenters. The smallest absolute Gasteiger partial charge is 0.341 e. The van der Waals surface area contributed by atoms with Crippen molar-refractivity contribution in [3.63, 3.8) is 0 Å². The van der Waals surface area contributed by atoms with Crippen molar-refractivity contribution in [1.29, 1.82) is 0 Å². The molecule has 1 aliphatic heterocycles. The summed E-state index contributed by atoms with van der Waals surface area (Å²) in [5.74, 6) is -0.881. The van der Waals surface area contributed by atoms with Crippen molar-refractivity contribution in [1.82, 2.24) is 0 Å². The fourth-order valence-electron chi connectivity index (χ4n) is 1.26. The minimum Gasteiger partial charge on any atom is -0.389 e. The van der Waals surface area contributed by atoms with Crippen LogP contribution in [0.15, 0.2) is 11.6 Å². The third-order valence-electron chi connectivity index (χ3n) is 2.00. The molecule has 0 N–H and O–H groups in total. The van der Waals surface area contributed by atoms with Crippen LogP contribution < -0.4 is 0 Å². The summed E-state index contributed by atoms with van der Waals surface area (Å²) < 4.78 is 4.38. The first-order chi connectivity index (χ1) is 6.24. The lowest BCUT2D eigenvalue weighted by Gasteiger charge is -1.92. The molecule has 72 valence electrons. The van der Waals surface area contributed by atoms with E-state index in [2.05, 4.69) is 11.7 Å². The predicted octanol–water partition coefficient (Wildman–Crippen LogP) is 1.97. The number of hydrogen-bond donors (Lipinski definition) is 0. The van der Waals surface area contributed by atoms with Crippen molar-refractivity contribution in [3.05, 3.63) is 11.6 Å². The number of esters is 2. The molecule has 0 saturated carbocycles. The second-order valence-corrected chi connectivity index (χ2v) is 3.16. The molecule has 1 aliphatic rings. The van der Waals surface area contributed by atoms with E-state index < -0.39 is 11.9 Å². The Balaban J connectivity index is 2.34. The summed E-state index contributed by atoms with van der Waals surface area (Å²) in [6.07, 6.45) is 6.24. The normalized spacial score (nSPS) is 19.6. The number of allylic oxidation sites excluding steroid dienone is 1. The molecule has 3 heteroatoms. The van der Waals surface area contributed by atoms with Gasteiger partial charge in [-0.25, -0.2) is 4.79 Å². The van der Waals surface area contributed by atoms with Crippen LogP contribution in [0.2, 0.25) is 0 Å². The van der Waals surface area contributed by atoms with E-state index in [9.17, 15) is 9.59 Å². The molecule has 0 aliphatic carbocycles. The maximum Gasteiger partial charge on any atom is 0.341 e. The standard InChI is InChI=1S/C10H14O3/c1-2-3-4-5-6-8-7-9(11)13-10(8)12/h6H,2-5,7H2,1H3. The van der Waals surface area contributed by atoms with E-state index in [-0.39, 0.29) is 6.42 Å². The molecule has 0 radical (unpaired) electrons. The first-order valence-corrected chi connectivity index (χ1v) is 4.68.